The number of aromatic nitrogens is 2. The van der Waals surface area contributed by atoms with E-state index in [-0.39, 0.29) is 0 Å². The van der Waals surface area contributed by atoms with Gasteiger partial charge in [0.25, 0.3) is 0 Å². The van der Waals surface area contributed by atoms with Crippen LogP contribution < -0.4 is 5.73 Å². The Morgan fingerprint density at radius 1 is 1.40 bits per heavy atom. The van der Waals surface area contributed by atoms with Gasteiger partial charge in [0.1, 0.15) is 0 Å². The Morgan fingerprint density at radius 3 is 2.35 bits per heavy atom. The third-order valence-electron chi connectivity index (χ3n) is 3.96. The van der Waals surface area contributed by atoms with E-state index in [1.54, 1.807) is 18.5 Å². The molecule has 0 spiro atoms. The summed E-state index contributed by atoms with van der Waals surface area (Å²) in [6, 6.07) is -0.540. The molecule has 0 aliphatic carbocycles. The number of sulfone groups is 1. The molecule has 0 bridgehead atoms. The van der Waals surface area contributed by atoms with E-state index < -0.39 is 20.6 Å². The summed E-state index contributed by atoms with van der Waals surface area (Å²) in [6.07, 6.45) is 2.34. The number of nitrogens with two attached hydrogens (primary N) is 1. The molecule has 116 valence electrons. The molecule has 0 aliphatic rings. The van der Waals surface area contributed by atoms with E-state index in [9.17, 15) is 8.42 Å². The minimum absolute atomic E-state index is 0.389. The molecule has 1 heterocycles. The summed E-state index contributed by atoms with van der Waals surface area (Å²) in [7, 11) is -3.25. The minimum Gasteiger partial charge on any atom is -0.326 e. The Labute approximate surface area is 126 Å². The molecule has 0 amide bonds. The molecule has 0 radical (unpaired) electrons. The fraction of sp³-hybridized carbons (Fsp3) is 0.769. The number of rotatable bonds is 6. The van der Waals surface area contributed by atoms with Crippen molar-refractivity contribution < 1.29 is 8.42 Å². The van der Waals surface area contributed by atoms with Gasteiger partial charge in [0.15, 0.2) is 9.84 Å². The maximum Gasteiger partial charge on any atom is 0.154 e. The number of hydrogen-bond donors (Lipinski definition) is 1. The van der Waals surface area contributed by atoms with E-state index in [1.165, 1.54) is 6.26 Å². The highest BCUT2D eigenvalue weighted by atomic mass is 35.5. The maximum atomic E-state index is 11.9. The lowest BCUT2D eigenvalue weighted by molar-refractivity contribution is 0.468. The number of hydrogen-bond acceptors (Lipinski definition) is 4. The highest BCUT2D eigenvalue weighted by molar-refractivity contribution is 7.92. The molecule has 20 heavy (non-hydrogen) atoms. The third kappa shape index (κ3) is 3.18. The normalized spacial score (nSPS) is 14.6. The molecule has 0 aromatic carbocycles. The van der Waals surface area contributed by atoms with Crippen LogP contribution in [0.15, 0.2) is 0 Å². The topological polar surface area (TPSA) is 78.0 Å². The van der Waals surface area contributed by atoms with Crippen LogP contribution in [0.5, 0.6) is 0 Å². The van der Waals surface area contributed by atoms with Crippen LogP contribution in [0.25, 0.3) is 0 Å². The van der Waals surface area contributed by atoms with E-state index in [4.69, 9.17) is 17.3 Å². The van der Waals surface area contributed by atoms with Crippen LogP contribution in [0.3, 0.4) is 0 Å². The average Bonchev–Trinajstić information content (AvgIpc) is 2.64. The monoisotopic (exact) mass is 321 g/mol. The van der Waals surface area contributed by atoms with Crippen molar-refractivity contribution in [3.63, 3.8) is 0 Å². The second-order valence-electron chi connectivity index (χ2n) is 5.56. The highest BCUT2D eigenvalue weighted by Gasteiger charge is 2.37. The third-order valence-corrected chi connectivity index (χ3v) is 6.61. The van der Waals surface area contributed by atoms with E-state index in [0.717, 1.165) is 17.8 Å². The molecular weight excluding hydrogens is 298 g/mol. The first-order chi connectivity index (χ1) is 9.06. The summed E-state index contributed by atoms with van der Waals surface area (Å²) in [4.78, 5) is 0. The first-order valence-electron chi connectivity index (χ1n) is 6.75. The van der Waals surface area contributed by atoms with Gasteiger partial charge in [-0.25, -0.2) is 8.42 Å². The molecule has 1 aromatic heterocycles. The van der Waals surface area contributed by atoms with Gasteiger partial charge in [0, 0.05) is 25.3 Å². The van der Waals surface area contributed by atoms with E-state index in [2.05, 4.69) is 5.10 Å². The van der Waals surface area contributed by atoms with Crippen molar-refractivity contribution in [1.29, 1.82) is 0 Å². The van der Waals surface area contributed by atoms with Crippen molar-refractivity contribution in [2.24, 2.45) is 5.73 Å². The van der Waals surface area contributed by atoms with Crippen LogP contribution >= 0.6 is 11.6 Å². The van der Waals surface area contributed by atoms with Gasteiger partial charge >= 0.3 is 0 Å². The summed E-state index contributed by atoms with van der Waals surface area (Å²) in [6.45, 7) is 7.93. The second kappa shape index (κ2) is 6.03. The largest absolute Gasteiger partial charge is 0.326 e. The molecular formula is C13H24ClN3O2S. The van der Waals surface area contributed by atoms with Crippen molar-refractivity contribution in [2.45, 2.75) is 57.9 Å². The molecule has 1 rings (SSSR count). The summed E-state index contributed by atoms with van der Waals surface area (Å²) in [5.41, 5.74) is 7.78. The van der Waals surface area contributed by atoms with Gasteiger partial charge in [-0.15, -0.1) is 0 Å². The van der Waals surface area contributed by atoms with E-state index in [0.29, 0.717) is 18.0 Å². The lowest BCUT2D eigenvalue weighted by Crippen LogP contribution is -2.50. The van der Waals surface area contributed by atoms with Gasteiger partial charge in [0.05, 0.1) is 21.2 Å². The van der Waals surface area contributed by atoms with Crippen LogP contribution in [-0.4, -0.2) is 35.2 Å². The molecule has 1 unspecified atom stereocenters. The lowest BCUT2D eigenvalue weighted by atomic mass is 9.99. The second-order valence-corrected chi connectivity index (χ2v) is 8.54. The van der Waals surface area contributed by atoms with Crippen LogP contribution in [-0.2, 0) is 29.2 Å². The van der Waals surface area contributed by atoms with Gasteiger partial charge in [-0.3, -0.25) is 4.68 Å². The number of aryl methyl sites for hydroxylation is 2. The molecule has 7 heteroatoms. The molecule has 0 fully saturated rings. The zero-order chi connectivity index (χ0) is 15.7. The van der Waals surface area contributed by atoms with Crippen molar-refractivity contribution in [3.8, 4) is 0 Å². The fourth-order valence-corrected chi connectivity index (χ4v) is 2.92. The Hall–Kier alpha value is -0.590. The van der Waals surface area contributed by atoms with Crippen molar-refractivity contribution >= 4 is 21.4 Å². The van der Waals surface area contributed by atoms with E-state index >= 15 is 0 Å². The average molecular weight is 322 g/mol. The SMILES string of the molecule is CCc1nn(CC)c(CC(N)C(C)(C)S(C)(=O)=O)c1Cl. The zero-order valence-electron chi connectivity index (χ0n) is 12.8. The fourth-order valence-electron chi connectivity index (χ4n) is 1.94. The molecule has 0 saturated carbocycles. The predicted molar refractivity (Wildman–Crippen MR) is 82.9 cm³/mol. The maximum absolute atomic E-state index is 11.9. The van der Waals surface area contributed by atoms with Crippen molar-refractivity contribution in [3.05, 3.63) is 16.4 Å². The van der Waals surface area contributed by atoms with Crippen molar-refractivity contribution in [2.75, 3.05) is 6.26 Å². The minimum atomic E-state index is -3.25. The Bertz CT molecular complexity index is 579. The molecule has 2 N–H and O–H groups in total. The zero-order valence-corrected chi connectivity index (χ0v) is 14.3. The predicted octanol–water partition coefficient (Wildman–Crippen LogP) is 1.81. The van der Waals surface area contributed by atoms with Gasteiger partial charge in [-0.1, -0.05) is 18.5 Å². The first-order valence-corrected chi connectivity index (χ1v) is 9.02. The number of nitrogens with zero attached hydrogens (tertiary/aromatic N) is 2. The molecule has 1 aromatic rings. The van der Waals surface area contributed by atoms with Crippen LogP contribution in [0.2, 0.25) is 5.02 Å². The van der Waals surface area contributed by atoms with E-state index in [1.807, 2.05) is 13.8 Å². The molecule has 5 nitrogen and oxygen atoms in total. The number of halogens is 1. The highest BCUT2D eigenvalue weighted by Crippen LogP contribution is 2.27. The summed E-state index contributed by atoms with van der Waals surface area (Å²) >= 11 is 6.33. The van der Waals surface area contributed by atoms with Gasteiger partial charge < -0.3 is 5.73 Å². The quantitative estimate of drug-likeness (QED) is 0.866. The summed E-state index contributed by atoms with van der Waals surface area (Å²) < 4.78 is 24.5. The van der Waals surface area contributed by atoms with Crippen LogP contribution in [0.4, 0.5) is 0 Å². The van der Waals surface area contributed by atoms with Crippen LogP contribution in [0.1, 0.15) is 39.1 Å². The van der Waals surface area contributed by atoms with Crippen molar-refractivity contribution in [1.82, 2.24) is 9.78 Å². The Morgan fingerprint density at radius 2 is 1.95 bits per heavy atom. The lowest BCUT2D eigenvalue weighted by Gasteiger charge is -2.29. The van der Waals surface area contributed by atoms with Gasteiger partial charge in [-0.05, 0) is 27.2 Å². The molecule has 0 aliphatic heterocycles. The Kier molecular flexibility index (Phi) is 5.27. The molecule has 1 atom stereocenters. The standard InChI is InChI=1S/C13H24ClN3O2S/c1-6-9-12(14)10(17(7-2)16-9)8-11(15)13(3,4)20(5,18)19/h11H,6-8,15H2,1-5H3. The summed E-state index contributed by atoms with van der Waals surface area (Å²) in [5.74, 6) is 0. The summed E-state index contributed by atoms with van der Waals surface area (Å²) in [5, 5.41) is 5.03. The van der Waals surface area contributed by atoms with Gasteiger partial charge in [0.2, 0.25) is 0 Å². The smallest absolute Gasteiger partial charge is 0.154 e. The van der Waals surface area contributed by atoms with Gasteiger partial charge in [-0.2, -0.15) is 5.10 Å². The first kappa shape index (κ1) is 17.5. The molecule has 0 saturated heterocycles. The Balaban J connectivity index is 3.14. The van der Waals surface area contributed by atoms with Crippen LogP contribution in [0, 0.1) is 0 Å².